The number of hydrogen-bond donors (Lipinski definition) is 1. The lowest BCUT2D eigenvalue weighted by Crippen LogP contribution is -2.47. The first-order chi connectivity index (χ1) is 10.5. The van der Waals surface area contributed by atoms with Crippen molar-refractivity contribution < 1.29 is 9.59 Å². The maximum atomic E-state index is 12.3. The zero-order chi connectivity index (χ0) is 16.2. The van der Waals surface area contributed by atoms with Gasteiger partial charge in [-0.15, -0.1) is 6.58 Å². The molecule has 0 aliphatic carbocycles. The Morgan fingerprint density at radius 2 is 2.18 bits per heavy atom. The smallest absolute Gasteiger partial charge is 0.317 e. The molecule has 3 amide bonds. The third-order valence-corrected chi connectivity index (χ3v) is 5.18. The van der Waals surface area contributed by atoms with Crippen LogP contribution >= 0.6 is 0 Å². The van der Waals surface area contributed by atoms with E-state index >= 15 is 0 Å². The highest BCUT2D eigenvalue weighted by molar-refractivity contribution is 5.80. The van der Waals surface area contributed by atoms with E-state index in [1.54, 1.807) is 0 Å². The van der Waals surface area contributed by atoms with Crippen molar-refractivity contribution in [2.75, 3.05) is 19.6 Å². The summed E-state index contributed by atoms with van der Waals surface area (Å²) >= 11 is 0. The summed E-state index contributed by atoms with van der Waals surface area (Å²) in [5.74, 6) is 0.234. The van der Waals surface area contributed by atoms with Crippen molar-refractivity contribution in [3.63, 3.8) is 0 Å². The Morgan fingerprint density at radius 1 is 1.41 bits per heavy atom. The van der Waals surface area contributed by atoms with Crippen LogP contribution in [0, 0.1) is 0 Å². The third-order valence-electron chi connectivity index (χ3n) is 5.18. The van der Waals surface area contributed by atoms with E-state index in [0.29, 0.717) is 13.0 Å². The van der Waals surface area contributed by atoms with Crippen molar-refractivity contribution in [1.29, 1.82) is 0 Å². The molecule has 0 aromatic carbocycles. The Labute approximate surface area is 133 Å². The second-order valence-electron chi connectivity index (χ2n) is 6.62. The molecule has 0 aromatic heterocycles. The summed E-state index contributed by atoms with van der Waals surface area (Å²) in [5.41, 5.74) is -0.0589. The quantitative estimate of drug-likeness (QED) is 0.811. The van der Waals surface area contributed by atoms with E-state index in [9.17, 15) is 9.59 Å². The number of nitrogens with one attached hydrogen (secondary N) is 1. The monoisotopic (exact) mass is 307 g/mol. The maximum absolute atomic E-state index is 12.3. The van der Waals surface area contributed by atoms with Crippen LogP contribution in [0.5, 0.6) is 0 Å². The van der Waals surface area contributed by atoms with Crippen molar-refractivity contribution in [3.05, 3.63) is 12.7 Å². The predicted molar refractivity (Wildman–Crippen MR) is 87.6 cm³/mol. The summed E-state index contributed by atoms with van der Waals surface area (Å²) in [6.07, 6.45) is 7.11. The molecule has 2 heterocycles. The van der Waals surface area contributed by atoms with Crippen LogP contribution in [0.1, 0.15) is 52.4 Å². The Kier molecular flexibility index (Phi) is 5.48. The Morgan fingerprint density at radius 3 is 2.86 bits per heavy atom. The zero-order valence-electron chi connectivity index (χ0n) is 13.9. The molecule has 0 bridgehead atoms. The van der Waals surface area contributed by atoms with Gasteiger partial charge in [-0.1, -0.05) is 13.0 Å². The second-order valence-corrected chi connectivity index (χ2v) is 6.62. The summed E-state index contributed by atoms with van der Waals surface area (Å²) < 4.78 is 0. The van der Waals surface area contributed by atoms with Crippen LogP contribution in [0.4, 0.5) is 4.79 Å². The van der Waals surface area contributed by atoms with Gasteiger partial charge in [0.2, 0.25) is 5.91 Å². The van der Waals surface area contributed by atoms with Crippen molar-refractivity contribution >= 4 is 11.9 Å². The van der Waals surface area contributed by atoms with Gasteiger partial charge in [-0.25, -0.2) is 4.79 Å². The summed E-state index contributed by atoms with van der Waals surface area (Å²) in [5, 5.41) is 3.04. The van der Waals surface area contributed by atoms with Gasteiger partial charge in [0.1, 0.15) is 0 Å². The highest BCUT2D eigenvalue weighted by Gasteiger charge is 2.45. The number of carbonyl (C=O) groups is 2. The fraction of sp³-hybridized carbons (Fsp3) is 0.765. The highest BCUT2D eigenvalue weighted by Crippen LogP contribution is 2.38. The molecular formula is C17H29N3O2. The van der Waals surface area contributed by atoms with Gasteiger partial charge in [0.25, 0.3) is 0 Å². The predicted octanol–water partition coefficient (Wildman–Crippen LogP) is 2.53. The Hall–Kier alpha value is -1.52. The van der Waals surface area contributed by atoms with Crippen LogP contribution in [0.15, 0.2) is 12.7 Å². The van der Waals surface area contributed by atoms with Crippen molar-refractivity contribution in [2.24, 2.45) is 0 Å². The van der Waals surface area contributed by atoms with Crippen LogP contribution in [0.2, 0.25) is 0 Å². The SMILES string of the molecule is C=CCN1C(=O)CCC12CCCN(C(=O)NC(C)CC)CC2. The molecule has 2 aliphatic rings. The molecule has 124 valence electrons. The van der Waals surface area contributed by atoms with Crippen LogP contribution in [0.3, 0.4) is 0 Å². The van der Waals surface area contributed by atoms with E-state index in [1.165, 1.54) is 0 Å². The fourth-order valence-corrected chi connectivity index (χ4v) is 3.60. The molecule has 0 aromatic rings. The van der Waals surface area contributed by atoms with Crippen LogP contribution in [-0.2, 0) is 4.79 Å². The number of amides is 3. The number of hydrogen-bond acceptors (Lipinski definition) is 2. The summed E-state index contributed by atoms with van der Waals surface area (Å²) in [6.45, 7) is 10.00. The first kappa shape index (κ1) is 16.8. The normalized spacial score (nSPS) is 26.9. The zero-order valence-corrected chi connectivity index (χ0v) is 13.9. The lowest BCUT2D eigenvalue weighted by molar-refractivity contribution is -0.130. The first-order valence-electron chi connectivity index (χ1n) is 8.49. The lowest BCUT2D eigenvalue weighted by Gasteiger charge is -2.37. The first-order valence-corrected chi connectivity index (χ1v) is 8.49. The minimum Gasteiger partial charge on any atom is -0.336 e. The standard InChI is InChI=1S/C17H29N3O2/c1-4-11-20-15(21)7-9-17(20)8-6-12-19(13-10-17)16(22)18-14(3)5-2/h4,14H,1,5-13H2,2-3H3,(H,18,22). The molecular weight excluding hydrogens is 278 g/mol. The van der Waals surface area contributed by atoms with E-state index < -0.39 is 0 Å². The molecule has 2 rings (SSSR count). The van der Waals surface area contributed by atoms with Gasteiger partial charge in [-0.2, -0.15) is 0 Å². The molecule has 5 heteroatoms. The average molecular weight is 307 g/mol. The third kappa shape index (κ3) is 3.45. The molecule has 22 heavy (non-hydrogen) atoms. The summed E-state index contributed by atoms with van der Waals surface area (Å²) in [7, 11) is 0. The molecule has 1 spiro atoms. The van der Waals surface area contributed by atoms with E-state index in [0.717, 1.165) is 45.2 Å². The minimum absolute atomic E-state index is 0.0333. The molecule has 0 saturated carbocycles. The molecule has 2 atom stereocenters. The van der Waals surface area contributed by atoms with Gasteiger partial charge >= 0.3 is 6.03 Å². The van der Waals surface area contributed by atoms with Crippen molar-refractivity contribution in [1.82, 2.24) is 15.1 Å². The van der Waals surface area contributed by atoms with Gasteiger partial charge in [0.05, 0.1) is 0 Å². The van der Waals surface area contributed by atoms with Gasteiger partial charge in [-0.05, 0) is 39.0 Å². The number of nitrogens with zero attached hydrogens (tertiary/aromatic N) is 2. The number of rotatable bonds is 4. The van der Waals surface area contributed by atoms with Crippen molar-refractivity contribution in [2.45, 2.75) is 64.0 Å². The fourth-order valence-electron chi connectivity index (χ4n) is 3.60. The van der Waals surface area contributed by atoms with Crippen LogP contribution in [0.25, 0.3) is 0 Å². The molecule has 2 unspecified atom stereocenters. The largest absolute Gasteiger partial charge is 0.336 e. The van der Waals surface area contributed by atoms with Gasteiger partial charge < -0.3 is 15.1 Å². The average Bonchev–Trinajstić information content (AvgIpc) is 2.69. The summed E-state index contributed by atoms with van der Waals surface area (Å²) in [4.78, 5) is 28.4. The molecule has 5 nitrogen and oxygen atoms in total. The minimum atomic E-state index is -0.0589. The van der Waals surface area contributed by atoms with Gasteiger partial charge in [0, 0.05) is 37.6 Å². The second kappa shape index (κ2) is 7.16. The molecule has 2 fully saturated rings. The molecule has 0 radical (unpaired) electrons. The molecule has 2 aliphatic heterocycles. The Balaban J connectivity index is 2.01. The van der Waals surface area contributed by atoms with Gasteiger partial charge in [-0.3, -0.25) is 4.79 Å². The van der Waals surface area contributed by atoms with Gasteiger partial charge in [0.15, 0.2) is 0 Å². The van der Waals surface area contributed by atoms with E-state index in [1.807, 2.05) is 22.8 Å². The van der Waals surface area contributed by atoms with E-state index in [-0.39, 0.29) is 23.5 Å². The van der Waals surface area contributed by atoms with E-state index in [2.05, 4.69) is 18.8 Å². The lowest BCUT2D eigenvalue weighted by atomic mass is 9.88. The topological polar surface area (TPSA) is 52.7 Å². The number of carbonyl (C=O) groups excluding carboxylic acids is 2. The van der Waals surface area contributed by atoms with Crippen LogP contribution < -0.4 is 5.32 Å². The van der Waals surface area contributed by atoms with E-state index in [4.69, 9.17) is 0 Å². The summed E-state index contributed by atoms with van der Waals surface area (Å²) in [6, 6.07) is 0.237. The highest BCUT2D eigenvalue weighted by atomic mass is 16.2. The molecule has 1 N–H and O–H groups in total. The Bertz CT molecular complexity index is 438. The number of urea groups is 1. The number of likely N-dealkylation sites (tertiary alicyclic amines) is 2. The maximum Gasteiger partial charge on any atom is 0.317 e. The molecule has 2 saturated heterocycles. The van der Waals surface area contributed by atoms with Crippen molar-refractivity contribution in [3.8, 4) is 0 Å². The van der Waals surface area contributed by atoms with Crippen LogP contribution in [-0.4, -0.2) is 53.0 Å².